The number of aromatic nitrogens is 2. The SMILES string of the molecule is C/C(=C\c1ncc(C2CCCC(C)C(CO)N2)nc1C)C(C)(C)C.CC.CCC(F)(F)F.CCCC. The first-order valence-corrected chi connectivity index (χ1v) is 13.7. The second-order valence-electron chi connectivity index (χ2n) is 10.2. The zero-order chi connectivity index (χ0) is 28.5. The van der Waals surface area contributed by atoms with Gasteiger partial charge in [-0.25, -0.2) is 0 Å². The smallest absolute Gasteiger partial charge is 0.388 e. The van der Waals surface area contributed by atoms with Crippen molar-refractivity contribution in [3.8, 4) is 0 Å². The lowest BCUT2D eigenvalue weighted by molar-refractivity contribution is -0.130. The zero-order valence-corrected chi connectivity index (χ0v) is 24.8. The summed E-state index contributed by atoms with van der Waals surface area (Å²) in [6.07, 6.45) is 5.34. The van der Waals surface area contributed by atoms with Gasteiger partial charge in [-0.3, -0.25) is 9.97 Å². The predicted molar refractivity (Wildman–Crippen MR) is 148 cm³/mol. The summed E-state index contributed by atoms with van der Waals surface area (Å²) in [6.45, 7) is 22.6. The van der Waals surface area contributed by atoms with Crippen LogP contribution in [0.5, 0.6) is 0 Å². The molecule has 212 valence electrons. The lowest BCUT2D eigenvalue weighted by Crippen LogP contribution is -2.39. The summed E-state index contributed by atoms with van der Waals surface area (Å²) in [5.41, 5.74) is 4.35. The number of hydrogen-bond donors (Lipinski definition) is 2. The Hall–Kier alpha value is -1.47. The van der Waals surface area contributed by atoms with Gasteiger partial charge in [-0.2, -0.15) is 13.2 Å². The zero-order valence-electron chi connectivity index (χ0n) is 24.8. The number of alkyl halides is 3. The Bertz CT molecular complexity index is 725. The van der Waals surface area contributed by atoms with Crippen molar-refractivity contribution in [1.29, 1.82) is 0 Å². The van der Waals surface area contributed by atoms with Crippen molar-refractivity contribution in [3.63, 3.8) is 0 Å². The Morgan fingerprint density at radius 1 is 1.11 bits per heavy atom. The molecule has 2 N–H and O–H groups in total. The first-order valence-electron chi connectivity index (χ1n) is 13.7. The van der Waals surface area contributed by atoms with Crippen molar-refractivity contribution < 1.29 is 18.3 Å². The molecule has 7 heteroatoms. The summed E-state index contributed by atoms with van der Waals surface area (Å²) < 4.78 is 32.4. The third-order valence-corrected chi connectivity index (χ3v) is 6.25. The van der Waals surface area contributed by atoms with E-state index < -0.39 is 12.6 Å². The maximum atomic E-state index is 10.8. The molecular formula is C29H54F3N3O. The van der Waals surface area contributed by atoms with E-state index in [1.54, 1.807) is 0 Å². The Morgan fingerprint density at radius 3 is 2.03 bits per heavy atom. The van der Waals surface area contributed by atoms with Gasteiger partial charge in [-0.1, -0.05) is 87.1 Å². The third kappa shape index (κ3) is 15.6. The number of halogens is 3. The van der Waals surface area contributed by atoms with E-state index in [9.17, 15) is 18.3 Å². The van der Waals surface area contributed by atoms with Crippen molar-refractivity contribution >= 4 is 6.08 Å². The van der Waals surface area contributed by atoms with E-state index in [-0.39, 0.29) is 24.1 Å². The van der Waals surface area contributed by atoms with Crippen molar-refractivity contribution in [3.05, 3.63) is 28.9 Å². The second-order valence-corrected chi connectivity index (χ2v) is 10.2. The number of aliphatic hydroxyl groups is 1. The summed E-state index contributed by atoms with van der Waals surface area (Å²) >= 11 is 0. The van der Waals surface area contributed by atoms with Crippen LogP contribution in [0.4, 0.5) is 13.2 Å². The summed E-state index contributed by atoms with van der Waals surface area (Å²) in [6, 6.07) is 0.322. The summed E-state index contributed by atoms with van der Waals surface area (Å²) in [4.78, 5) is 9.48. The fraction of sp³-hybridized carbons (Fsp3) is 0.793. The normalized spacial score (nSPS) is 20.5. The highest BCUT2D eigenvalue weighted by atomic mass is 19.4. The minimum Gasteiger partial charge on any atom is -0.395 e. The molecule has 0 amide bonds. The molecule has 1 aliphatic heterocycles. The molecule has 3 unspecified atom stereocenters. The highest BCUT2D eigenvalue weighted by Gasteiger charge is 2.26. The monoisotopic (exact) mass is 517 g/mol. The summed E-state index contributed by atoms with van der Waals surface area (Å²) in [5, 5.41) is 13.2. The van der Waals surface area contributed by atoms with Crippen LogP contribution in [0.3, 0.4) is 0 Å². The molecule has 36 heavy (non-hydrogen) atoms. The molecule has 1 fully saturated rings. The Kier molecular flexibility index (Phi) is 19.1. The molecule has 2 heterocycles. The largest absolute Gasteiger partial charge is 0.395 e. The van der Waals surface area contributed by atoms with Gasteiger partial charge in [-0.05, 0) is 44.1 Å². The number of aryl methyl sites for hydroxylation is 1. The molecule has 1 aliphatic rings. The van der Waals surface area contributed by atoms with Crippen molar-refractivity contribution in [2.24, 2.45) is 11.3 Å². The molecule has 2 rings (SSSR count). The minimum atomic E-state index is -3.96. The van der Waals surface area contributed by atoms with Gasteiger partial charge in [0.05, 0.1) is 35.9 Å². The van der Waals surface area contributed by atoms with E-state index in [4.69, 9.17) is 4.98 Å². The van der Waals surface area contributed by atoms with Gasteiger partial charge in [0.1, 0.15) is 0 Å². The van der Waals surface area contributed by atoms with Crippen LogP contribution >= 0.6 is 0 Å². The first-order chi connectivity index (χ1) is 16.7. The van der Waals surface area contributed by atoms with Gasteiger partial charge in [0.25, 0.3) is 0 Å². The van der Waals surface area contributed by atoms with Crippen LogP contribution in [-0.4, -0.2) is 33.9 Å². The molecule has 1 saturated heterocycles. The molecule has 4 nitrogen and oxygen atoms in total. The quantitative estimate of drug-likeness (QED) is 0.419. The lowest BCUT2D eigenvalue weighted by Gasteiger charge is -2.24. The van der Waals surface area contributed by atoms with Gasteiger partial charge in [0.15, 0.2) is 0 Å². The standard InChI is InChI=1S/C20H33N3O.C4H10.C3H5F3.C2H6/c1-13-8-7-9-16(23-19(13)12-24)18-11-21-17(15(3)22-18)10-14(2)20(4,5)6;1-3-4-2;1-2-3(4,5)6;1-2/h10-11,13,16,19,23-24H,7-9,12H2,1-6H3;3-4H2,1-2H3;2H2,1H3;1-2H3/b14-10+;;;. The van der Waals surface area contributed by atoms with E-state index in [2.05, 4.69) is 64.8 Å². The summed E-state index contributed by atoms with van der Waals surface area (Å²) in [5.74, 6) is 0.491. The number of rotatable bonds is 4. The molecule has 1 aromatic rings. The molecule has 3 atom stereocenters. The molecular weight excluding hydrogens is 463 g/mol. The average Bonchev–Trinajstić information content (AvgIpc) is 3.02. The van der Waals surface area contributed by atoms with Crippen molar-refractivity contribution in [1.82, 2.24) is 15.3 Å². The number of hydrogen-bond acceptors (Lipinski definition) is 4. The fourth-order valence-corrected chi connectivity index (χ4v) is 3.06. The van der Waals surface area contributed by atoms with E-state index in [1.807, 2.05) is 27.0 Å². The van der Waals surface area contributed by atoms with Crippen LogP contribution < -0.4 is 5.32 Å². The number of nitrogens with one attached hydrogen (secondary N) is 1. The highest BCUT2D eigenvalue weighted by Crippen LogP contribution is 2.29. The third-order valence-electron chi connectivity index (χ3n) is 6.25. The number of allylic oxidation sites excluding steroid dienone is 1. The van der Waals surface area contributed by atoms with Gasteiger partial charge >= 0.3 is 6.18 Å². The number of nitrogens with zero attached hydrogens (tertiary/aromatic N) is 2. The number of aliphatic hydroxyl groups excluding tert-OH is 1. The molecule has 1 aromatic heterocycles. The van der Waals surface area contributed by atoms with E-state index >= 15 is 0 Å². The number of unbranched alkanes of at least 4 members (excludes halogenated alkanes) is 1. The van der Waals surface area contributed by atoms with Crippen molar-refractivity contribution in [2.45, 2.75) is 133 Å². The molecule has 0 aromatic carbocycles. The van der Waals surface area contributed by atoms with Crippen LogP contribution in [0.25, 0.3) is 6.08 Å². The molecule has 0 bridgehead atoms. The lowest BCUT2D eigenvalue weighted by atomic mass is 9.87. The summed E-state index contributed by atoms with van der Waals surface area (Å²) in [7, 11) is 0. The van der Waals surface area contributed by atoms with Gasteiger partial charge < -0.3 is 10.4 Å². The predicted octanol–water partition coefficient (Wildman–Crippen LogP) is 8.84. The van der Waals surface area contributed by atoms with Crippen LogP contribution in [0.1, 0.15) is 131 Å². The molecule has 0 radical (unpaired) electrons. The highest BCUT2D eigenvalue weighted by molar-refractivity contribution is 5.51. The van der Waals surface area contributed by atoms with Gasteiger partial charge in [-0.15, -0.1) is 0 Å². The average molecular weight is 518 g/mol. The van der Waals surface area contributed by atoms with E-state index in [0.29, 0.717) is 5.92 Å². The van der Waals surface area contributed by atoms with E-state index in [0.717, 1.165) is 43.3 Å². The first kappa shape index (κ1) is 36.7. The van der Waals surface area contributed by atoms with Crippen LogP contribution in [-0.2, 0) is 0 Å². The van der Waals surface area contributed by atoms with Crippen LogP contribution in [0.15, 0.2) is 11.8 Å². The van der Waals surface area contributed by atoms with Crippen LogP contribution in [0, 0.1) is 18.3 Å². The minimum absolute atomic E-state index is 0.139. The van der Waals surface area contributed by atoms with E-state index in [1.165, 1.54) is 18.4 Å². The van der Waals surface area contributed by atoms with Gasteiger partial charge in [0, 0.05) is 12.5 Å². The Morgan fingerprint density at radius 2 is 1.64 bits per heavy atom. The van der Waals surface area contributed by atoms with Crippen molar-refractivity contribution in [2.75, 3.05) is 6.61 Å². The topological polar surface area (TPSA) is 58.0 Å². The van der Waals surface area contributed by atoms with Crippen LogP contribution in [0.2, 0.25) is 0 Å². The molecule has 0 saturated carbocycles. The Balaban J connectivity index is 0. The maximum Gasteiger partial charge on any atom is 0.388 e. The Labute approximate surface area is 219 Å². The molecule has 0 spiro atoms. The maximum absolute atomic E-state index is 10.8. The fourth-order valence-electron chi connectivity index (χ4n) is 3.06. The second kappa shape index (κ2) is 18.7. The molecule has 0 aliphatic carbocycles. The van der Waals surface area contributed by atoms with Gasteiger partial charge in [0.2, 0.25) is 0 Å².